The number of rotatable bonds is 4. The summed E-state index contributed by atoms with van der Waals surface area (Å²) >= 11 is 0. The van der Waals surface area contributed by atoms with Crippen molar-refractivity contribution in [2.24, 2.45) is 5.92 Å². The lowest BCUT2D eigenvalue weighted by atomic mass is 9.89. The monoisotopic (exact) mass is 287 g/mol. The fourth-order valence-corrected chi connectivity index (χ4v) is 2.65. The Kier molecular flexibility index (Phi) is 5.21. The molecule has 0 bridgehead atoms. The molecule has 3 atom stereocenters. The molecule has 0 aromatic heterocycles. The standard InChI is InChI=1S/C17H21NO3/c1-12-6-5-8-15(10-12)21-17(19)13(2)20-16-9-4-3-7-14(16)11-18/h3-4,7,9,12-13,15H,5-6,8,10H2,1-2H3. The van der Waals surface area contributed by atoms with Crippen LogP contribution in [-0.4, -0.2) is 18.2 Å². The van der Waals surface area contributed by atoms with Gasteiger partial charge in [-0.2, -0.15) is 5.26 Å². The Bertz CT molecular complexity index is 535. The number of ether oxygens (including phenoxy) is 2. The van der Waals surface area contributed by atoms with Gasteiger partial charge in [-0.25, -0.2) is 4.79 Å². The van der Waals surface area contributed by atoms with E-state index >= 15 is 0 Å². The Hall–Kier alpha value is -2.02. The highest BCUT2D eigenvalue weighted by Crippen LogP contribution is 2.26. The number of para-hydroxylation sites is 1. The molecule has 0 heterocycles. The first-order chi connectivity index (χ1) is 10.1. The van der Waals surface area contributed by atoms with Gasteiger partial charge in [-0.3, -0.25) is 0 Å². The summed E-state index contributed by atoms with van der Waals surface area (Å²) in [4.78, 5) is 12.1. The molecule has 21 heavy (non-hydrogen) atoms. The minimum atomic E-state index is -0.711. The van der Waals surface area contributed by atoms with E-state index in [2.05, 4.69) is 6.92 Å². The molecule has 1 aliphatic rings. The molecule has 0 N–H and O–H groups in total. The molecule has 0 amide bonds. The Labute approximate surface area is 125 Å². The van der Waals surface area contributed by atoms with Gasteiger partial charge in [0.25, 0.3) is 0 Å². The maximum atomic E-state index is 12.1. The summed E-state index contributed by atoms with van der Waals surface area (Å²) < 4.78 is 11.1. The Morgan fingerprint density at radius 2 is 2.14 bits per heavy atom. The molecule has 4 nitrogen and oxygen atoms in total. The van der Waals surface area contributed by atoms with Crippen molar-refractivity contribution in [2.75, 3.05) is 0 Å². The Morgan fingerprint density at radius 1 is 1.38 bits per heavy atom. The van der Waals surface area contributed by atoms with Crippen LogP contribution in [0.1, 0.15) is 45.1 Å². The molecule has 1 aliphatic carbocycles. The zero-order valence-corrected chi connectivity index (χ0v) is 12.5. The first-order valence-electron chi connectivity index (χ1n) is 7.46. The minimum absolute atomic E-state index is 0.00138. The van der Waals surface area contributed by atoms with E-state index in [0.29, 0.717) is 17.2 Å². The second-order valence-corrected chi connectivity index (χ2v) is 5.70. The summed E-state index contributed by atoms with van der Waals surface area (Å²) in [5, 5.41) is 9.01. The van der Waals surface area contributed by atoms with Crippen LogP contribution in [0.15, 0.2) is 24.3 Å². The lowest BCUT2D eigenvalue weighted by Crippen LogP contribution is -2.32. The third-order valence-electron chi connectivity index (χ3n) is 3.81. The lowest BCUT2D eigenvalue weighted by molar-refractivity contribution is -0.158. The summed E-state index contributed by atoms with van der Waals surface area (Å²) in [6.07, 6.45) is 3.45. The van der Waals surface area contributed by atoms with Gasteiger partial charge in [0.05, 0.1) is 5.56 Å². The smallest absolute Gasteiger partial charge is 0.347 e. The molecule has 0 radical (unpaired) electrons. The molecule has 0 saturated heterocycles. The predicted molar refractivity (Wildman–Crippen MR) is 78.8 cm³/mol. The highest BCUT2D eigenvalue weighted by atomic mass is 16.6. The third kappa shape index (κ3) is 4.22. The summed E-state index contributed by atoms with van der Waals surface area (Å²) in [6, 6.07) is 8.93. The Morgan fingerprint density at radius 3 is 2.86 bits per heavy atom. The first kappa shape index (κ1) is 15.4. The fraction of sp³-hybridized carbons (Fsp3) is 0.529. The van der Waals surface area contributed by atoms with Crippen LogP contribution in [0.25, 0.3) is 0 Å². The minimum Gasteiger partial charge on any atom is -0.478 e. The van der Waals surface area contributed by atoms with E-state index in [1.54, 1.807) is 31.2 Å². The van der Waals surface area contributed by atoms with Crippen molar-refractivity contribution < 1.29 is 14.3 Å². The molecule has 1 aromatic rings. The summed E-state index contributed by atoms with van der Waals surface area (Å²) in [6.45, 7) is 3.84. The highest BCUT2D eigenvalue weighted by Gasteiger charge is 2.25. The largest absolute Gasteiger partial charge is 0.478 e. The number of carbonyl (C=O) groups is 1. The average molecular weight is 287 g/mol. The molecular weight excluding hydrogens is 266 g/mol. The zero-order chi connectivity index (χ0) is 15.2. The molecule has 1 aromatic carbocycles. The number of carbonyl (C=O) groups excluding carboxylic acids is 1. The van der Waals surface area contributed by atoms with E-state index in [1.165, 1.54) is 6.42 Å². The van der Waals surface area contributed by atoms with E-state index in [9.17, 15) is 4.79 Å². The molecule has 0 aliphatic heterocycles. The van der Waals surface area contributed by atoms with Crippen LogP contribution in [-0.2, 0) is 9.53 Å². The molecule has 1 fully saturated rings. The first-order valence-corrected chi connectivity index (χ1v) is 7.46. The van der Waals surface area contributed by atoms with Crippen LogP contribution >= 0.6 is 0 Å². The van der Waals surface area contributed by atoms with Crippen LogP contribution < -0.4 is 4.74 Å². The van der Waals surface area contributed by atoms with Crippen molar-refractivity contribution in [2.45, 2.75) is 51.7 Å². The van der Waals surface area contributed by atoms with Crippen LogP contribution in [0.2, 0.25) is 0 Å². The summed E-state index contributed by atoms with van der Waals surface area (Å²) in [7, 11) is 0. The molecule has 112 valence electrons. The number of hydrogen-bond acceptors (Lipinski definition) is 4. The van der Waals surface area contributed by atoms with Crippen molar-refractivity contribution in [3.63, 3.8) is 0 Å². The van der Waals surface area contributed by atoms with Gasteiger partial charge in [0, 0.05) is 0 Å². The number of esters is 1. The lowest BCUT2D eigenvalue weighted by Gasteiger charge is -2.27. The van der Waals surface area contributed by atoms with Gasteiger partial charge in [-0.15, -0.1) is 0 Å². The Balaban J connectivity index is 1.92. The maximum absolute atomic E-state index is 12.1. The van der Waals surface area contributed by atoms with Crippen molar-refractivity contribution in [1.29, 1.82) is 5.26 Å². The molecule has 3 unspecified atom stereocenters. The molecular formula is C17H21NO3. The van der Waals surface area contributed by atoms with Gasteiger partial charge in [0.15, 0.2) is 6.10 Å². The molecule has 0 spiro atoms. The summed E-state index contributed by atoms with van der Waals surface area (Å²) in [5.41, 5.74) is 0.420. The van der Waals surface area contributed by atoms with Crippen molar-refractivity contribution >= 4 is 5.97 Å². The molecule has 4 heteroatoms. The van der Waals surface area contributed by atoms with Crippen LogP contribution in [0.5, 0.6) is 5.75 Å². The second-order valence-electron chi connectivity index (χ2n) is 5.70. The van der Waals surface area contributed by atoms with E-state index in [-0.39, 0.29) is 12.1 Å². The summed E-state index contributed by atoms with van der Waals surface area (Å²) in [5.74, 6) is 0.662. The highest BCUT2D eigenvalue weighted by molar-refractivity contribution is 5.75. The van der Waals surface area contributed by atoms with E-state index in [4.69, 9.17) is 14.7 Å². The maximum Gasteiger partial charge on any atom is 0.347 e. The van der Waals surface area contributed by atoms with Crippen molar-refractivity contribution in [3.8, 4) is 11.8 Å². The van der Waals surface area contributed by atoms with Crippen molar-refractivity contribution in [3.05, 3.63) is 29.8 Å². The average Bonchev–Trinajstić information content (AvgIpc) is 2.47. The second kappa shape index (κ2) is 7.12. The van der Waals surface area contributed by atoms with Gasteiger partial charge in [-0.1, -0.05) is 25.5 Å². The quantitative estimate of drug-likeness (QED) is 0.796. The number of nitriles is 1. The molecule has 2 rings (SSSR count). The number of hydrogen-bond donors (Lipinski definition) is 0. The topological polar surface area (TPSA) is 59.3 Å². The normalized spacial score (nSPS) is 22.9. The van der Waals surface area contributed by atoms with Crippen LogP contribution in [0.3, 0.4) is 0 Å². The van der Waals surface area contributed by atoms with E-state index in [0.717, 1.165) is 19.3 Å². The van der Waals surface area contributed by atoms with Crippen LogP contribution in [0, 0.1) is 17.2 Å². The number of nitrogens with zero attached hydrogens (tertiary/aromatic N) is 1. The van der Waals surface area contributed by atoms with Crippen LogP contribution in [0.4, 0.5) is 0 Å². The third-order valence-corrected chi connectivity index (χ3v) is 3.81. The molecule has 1 saturated carbocycles. The van der Waals surface area contributed by atoms with Gasteiger partial charge in [0.1, 0.15) is 17.9 Å². The number of benzene rings is 1. The van der Waals surface area contributed by atoms with Crippen molar-refractivity contribution in [1.82, 2.24) is 0 Å². The predicted octanol–water partition coefficient (Wildman–Crippen LogP) is 3.45. The fourth-order valence-electron chi connectivity index (χ4n) is 2.65. The van der Waals surface area contributed by atoms with Gasteiger partial charge >= 0.3 is 5.97 Å². The van der Waals surface area contributed by atoms with E-state index < -0.39 is 6.10 Å². The van der Waals surface area contributed by atoms with Gasteiger partial charge < -0.3 is 9.47 Å². The SMILES string of the molecule is CC1CCCC(OC(=O)C(C)Oc2ccccc2C#N)C1. The van der Waals surface area contributed by atoms with Gasteiger partial charge in [0.2, 0.25) is 0 Å². The van der Waals surface area contributed by atoms with E-state index in [1.807, 2.05) is 6.07 Å². The van der Waals surface area contributed by atoms with Gasteiger partial charge in [-0.05, 0) is 44.2 Å². The zero-order valence-electron chi connectivity index (χ0n) is 12.5.